The van der Waals surface area contributed by atoms with Crippen LogP contribution in [0.1, 0.15) is 105 Å². The number of sulfone groups is 2. The molecule has 0 aliphatic heterocycles. The van der Waals surface area contributed by atoms with Crippen LogP contribution < -0.4 is 0 Å². The summed E-state index contributed by atoms with van der Waals surface area (Å²) in [6, 6.07) is 21.1. The van der Waals surface area contributed by atoms with Crippen molar-refractivity contribution in [3.8, 4) is 0 Å². The van der Waals surface area contributed by atoms with Gasteiger partial charge in [0.25, 0.3) is 0 Å². The Labute approximate surface area is 295 Å². The first kappa shape index (κ1) is 39.8. The van der Waals surface area contributed by atoms with Gasteiger partial charge in [0, 0.05) is 60.3 Å². The van der Waals surface area contributed by atoms with Gasteiger partial charge in [-0.1, -0.05) is 67.4 Å². The highest BCUT2D eigenvalue weighted by Gasteiger charge is 2.19. The molecule has 50 heavy (non-hydrogen) atoms. The second-order valence-corrected chi connectivity index (χ2v) is 16.2. The maximum atomic E-state index is 12.3. The Bertz CT molecular complexity index is 1890. The SMILES string of the molecule is CCCC(=O)c1cccc(C(=O)CCS(=O)(=O)c2ccc(C)cc2)c1.CCCC(=O)c1cncc(C(=O)CCS(=O)(=O)c2ccc(C)cc2)c1. The molecule has 0 N–H and O–H groups in total. The van der Waals surface area contributed by atoms with Crippen molar-refractivity contribution in [2.75, 3.05) is 11.5 Å². The molecule has 264 valence electrons. The van der Waals surface area contributed by atoms with Crippen LogP contribution in [0.2, 0.25) is 0 Å². The van der Waals surface area contributed by atoms with E-state index in [1.54, 1.807) is 72.8 Å². The number of hydrogen-bond donors (Lipinski definition) is 0. The first-order valence-corrected chi connectivity index (χ1v) is 19.7. The molecule has 0 fully saturated rings. The van der Waals surface area contributed by atoms with Gasteiger partial charge in [-0.25, -0.2) is 16.8 Å². The smallest absolute Gasteiger partial charge is 0.178 e. The number of carbonyl (C=O) groups is 4. The Morgan fingerprint density at radius 2 is 0.840 bits per heavy atom. The van der Waals surface area contributed by atoms with E-state index in [0.29, 0.717) is 36.0 Å². The number of hydrogen-bond acceptors (Lipinski definition) is 9. The van der Waals surface area contributed by atoms with Gasteiger partial charge in [-0.05, 0) is 63.1 Å². The van der Waals surface area contributed by atoms with Crippen molar-refractivity contribution in [2.45, 2.75) is 76.0 Å². The second kappa shape index (κ2) is 18.4. The summed E-state index contributed by atoms with van der Waals surface area (Å²) in [6.45, 7) is 7.57. The average Bonchev–Trinajstić information content (AvgIpc) is 3.10. The lowest BCUT2D eigenvalue weighted by Gasteiger charge is -2.06. The predicted molar refractivity (Wildman–Crippen MR) is 194 cm³/mol. The van der Waals surface area contributed by atoms with Gasteiger partial charge < -0.3 is 0 Å². The van der Waals surface area contributed by atoms with E-state index in [9.17, 15) is 36.0 Å². The van der Waals surface area contributed by atoms with E-state index in [4.69, 9.17) is 0 Å². The Morgan fingerprint density at radius 1 is 0.500 bits per heavy atom. The van der Waals surface area contributed by atoms with Crippen LogP contribution in [0.3, 0.4) is 0 Å². The third kappa shape index (κ3) is 11.8. The van der Waals surface area contributed by atoms with Crippen LogP contribution in [0.4, 0.5) is 0 Å². The Hall–Kier alpha value is -4.61. The fraction of sp³-hybridized carbons (Fsp3) is 0.308. The maximum absolute atomic E-state index is 12.3. The highest BCUT2D eigenvalue weighted by molar-refractivity contribution is 7.91. The van der Waals surface area contributed by atoms with Crippen molar-refractivity contribution in [3.63, 3.8) is 0 Å². The van der Waals surface area contributed by atoms with Crippen molar-refractivity contribution in [1.82, 2.24) is 4.98 Å². The summed E-state index contributed by atoms with van der Waals surface area (Å²) in [6.07, 6.45) is 4.81. The molecular formula is C39H43NO8S2. The number of aryl methyl sites for hydroxylation is 2. The number of carbonyl (C=O) groups excluding carboxylic acids is 4. The van der Waals surface area contributed by atoms with E-state index in [1.807, 2.05) is 27.7 Å². The number of benzene rings is 3. The molecule has 4 aromatic rings. The van der Waals surface area contributed by atoms with Crippen molar-refractivity contribution < 1.29 is 36.0 Å². The van der Waals surface area contributed by atoms with Gasteiger partial charge in [0.05, 0.1) is 21.3 Å². The molecule has 11 heteroatoms. The van der Waals surface area contributed by atoms with Crippen molar-refractivity contribution in [3.05, 3.63) is 125 Å². The summed E-state index contributed by atoms with van der Waals surface area (Å²) in [4.78, 5) is 52.8. The molecule has 0 unspecified atom stereocenters. The van der Waals surface area contributed by atoms with Gasteiger partial charge >= 0.3 is 0 Å². The van der Waals surface area contributed by atoms with E-state index in [-0.39, 0.29) is 62.8 Å². The van der Waals surface area contributed by atoms with Gasteiger partial charge in [0.15, 0.2) is 42.8 Å². The van der Waals surface area contributed by atoms with Crippen LogP contribution in [-0.4, -0.2) is 56.5 Å². The lowest BCUT2D eigenvalue weighted by atomic mass is 10.0. The number of ketones is 4. The summed E-state index contributed by atoms with van der Waals surface area (Å²) < 4.78 is 49.3. The molecule has 0 saturated carbocycles. The van der Waals surface area contributed by atoms with Gasteiger partial charge in [-0.3, -0.25) is 24.2 Å². The zero-order valence-corrected chi connectivity index (χ0v) is 30.5. The van der Waals surface area contributed by atoms with Crippen LogP contribution in [0.5, 0.6) is 0 Å². The monoisotopic (exact) mass is 717 g/mol. The molecule has 9 nitrogen and oxygen atoms in total. The molecule has 1 heterocycles. The summed E-state index contributed by atoms with van der Waals surface area (Å²) >= 11 is 0. The highest BCUT2D eigenvalue weighted by atomic mass is 32.2. The Balaban J connectivity index is 0.000000270. The third-order valence-electron chi connectivity index (χ3n) is 7.80. The van der Waals surface area contributed by atoms with Crippen LogP contribution in [0.15, 0.2) is 101 Å². The minimum atomic E-state index is -3.52. The van der Waals surface area contributed by atoms with Gasteiger partial charge in [-0.15, -0.1) is 0 Å². The maximum Gasteiger partial charge on any atom is 0.178 e. The molecule has 0 amide bonds. The normalized spacial score (nSPS) is 11.3. The van der Waals surface area contributed by atoms with E-state index in [1.165, 1.54) is 18.5 Å². The molecule has 4 rings (SSSR count). The molecule has 0 aliphatic rings. The first-order chi connectivity index (χ1) is 23.7. The standard InChI is InChI=1S/C20H22O4S.C19H21NO4S/c1-3-5-19(21)16-6-4-7-17(14-16)20(22)12-13-25(23,24)18-10-8-15(2)9-11-18;1-3-4-18(21)15-11-16(13-20-12-15)19(22)9-10-25(23,24)17-7-5-14(2)6-8-17/h4,6-11,14H,3,5,12-13H2,1-2H3;5-8,11-13H,3-4,9-10H2,1-2H3. The van der Waals surface area contributed by atoms with Crippen molar-refractivity contribution in [1.29, 1.82) is 0 Å². The van der Waals surface area contributed by atoms with Crippen molar-refractivity contribution in [2.24, 2.45) is 0 Å². The summed E-state index contributed by atoms with van der Waals surface area (Å²) in [5.74, 6) is -1.22. The summed E-state index contributed by atoms with van der Waals surface area (Å²) in [5, 5.41) is 0. The first-order valence-electron chi connectivity index (χ1n) is 16.4. The minimum Gasteiger partial charge on any atom is -0.294 e. The molecule has 0 saturated heterocycles. The third-order valence-corrected chi connectivity index (χ3v) is 11.3. The number of pyridine rings is 1. The molecule has 1 aromatic heterocycles. The van der Waals surface area contributed by atoms with Gasteiger partial charge in [-0.2, -0.15) is 0 Å². The molecular weight excluding hydrogens is 675 g/mol. The van der Waals surface area contributed by atoms with Crippen LogP contribution in [-0.2, 0) is 19.7 Å². The molecule has 0 atom stereocenters. The van der Waals surface area contributed by atoms with Crippen LogP contribution in [0.25, 0.3) is 0 Å². The van der Waals surface area contributed by atoms with Gasteiger partial charge in [0.1, 0.15) is 0 Å². The summed E-state index contributed by atoms with van der Waals surface area (Å²) in [7, 11) is -7.03. The van der Waals surface area contributed by atoms with Crippen LogP contribution in [0, 0.1) is 13.8 Å². The zero-order valence-electron chi connectivity index (χ0n) is 28.8. The van der Waals surface area contributed by atoms with E-state index in [2.05, 4.69) is 4.98 Å². The number of aromatic nitrogens is 1. The van der Waals surface area contributed by atoms with E-state index in [0.717, 1.165) is 17.5 Å². The molecule has 0 radical (unpaired) electrons. The lowest BCUT2D eigenvalue weighted by Crippen LogP contribution is -2.12. The number of nitrogens with zero attached hydrogens (tertiary/aromatic N) is 1. The molecule has 0 spiro atoms. The second-order valence-electron chi connectivity index (χ2n) is 12.0. The quantitative estimate of drug-likeness (QED) is 0.108. The zero-order chi connectivity index (χ0) is 36.9. The number of Topliss-reactive ketones (excluding diaryl/α,β-unsaturated/α-hetero) is 4. The van der Waals surface area contributed by atoms with Crippen LogP contribution >= 0.6 is 0 Å². The fourth-order valence-electron chi connectivity index (χ4n) is 4.82. The number of rotatable bonds is 16. The van der Waals surface area contributed by atoms with Crippen molar-refractivity contribution >= 4 is 42.8 Å². The molecule has 3 aromatic carbocycles. The van der Waals surface area contributed by atoms with Gasteiger partial charge in [0.2, 0.25) is 0 Å². The lowest BCUT2D eigenvalue weighted by molar-refractivity contribution is 0.0969. The van der Waals surface area contributed by atoms with E-state index >= 15 is 0 Å². The highest BCUT2D eigenvalue weighted by Crippen LogP contribution is 2.17. The minimum absolute atomic E-state index is 0.00979. The Kier molecular flexibility index (Phi) is 14.7. The van der Waals surface area contributed by atoms with E-state index < -0.39 is 19.7 Å². The fourth-order valence-corrected chi connectivity index (χ4v) is 7.30. The average molecular weight is 718 g/mol. The molecule has 0 bridgehead atoms. The largest absolute Gasteiger partial charge is 0.294 e. The predicted octanol–water partition coefficient (Wildman–Crippen LogP) is 7.44. The topological polar surface area (TPSA) is 149 Å². The molecule has 0 aliphatic carbocycles. The summed E-state index contributed by atoms with van der Waals surface area (Å²) in [5.41, 5.74) is 3.46. The Morgan fingerprint density at radius 3 is 1.24 bits per heavy atom.